The van der Waals surface area contributed by atoms with Gasteiger partial charge in [0.2, 0.25) is 0 Å². The van der Waals surface area contributed by atoms with Gasteiger partial charge >= 0.3 is 0 Å². The molecule has 0 atom stereocenters. The third kappa shape index (κ3) is 426. The Kier molecular flexibility index (Phi) is 22.5. The van der Waals surface area contributed by atoms with E-state index in [0.29, 0.717) is 0 Å². The van der Waals surface area contributed by atoms with Gasteiger partial charge in [0.05, 0.1) is 0 Å². The molecule has 0 aliphatic rings. The molecule has 1 N–H and O–H groups in total. The maximum atomic E-state index is 8.55. The Morgan fingerprint density at radius 1 is 1.12 bits per heavy atom. The van der Waals surface area contributed by atoms with E-state index < -0.39 is 7.82 Å². The van der Waals surface area contributed by atoms with E-state index in [9.17, 15) is 0 Å². The van der Waals surface area contributed by atoms with Gasteiger partial charge < -0.3 is 30.2 Å². The summed E-state index contributed by atoms with van der Waals surface area (Å²) >= 11 is 0. The second kappa shape index (κ2) is 7.72. The molecular weight excluding hydrogens is 311 g/mol. The fraction of sp³-hybridized carbons (Fsp3) is 0. The molecule has 0 aromatic heterocycles. The average molecular weight is 312 g/mol. The minimum absolute atomic E-state index is 0. The van der Waals surface area contributed by atoms with E-state index >= 15 is 0 Å². The Hall–Kier alpha value is 0.718. The smallest absolute Gasteiger partial charge is 0 e. The summed E-state index contributed by atoms with van der Waals surface area (Å²) in [6, 6.07) is 0. The summed E-state index contributed by atoms with van der Waals surface area (Å²) in [6.45, 7) is 0. The molecule has 0 spiro atoms. The van der Waals surface area contributed by atoms with Crippen molar-refractivity contribution in [2.75, 3.05) is 0 Å². The van der Waals surface area contributed by atoms with Crippen LogP contribution in [0.5, 0.6) is 0 Å². The van der Waals surface area contributed by atoms with Crippen LogP contribution in [0, 0.1) is 0 Å². The molecule has 0 radical (unpaired) electrons. The van der Waals surface area contributed by atoms with Crippen molar-refractivity contribution >= 4 is 7.82 Å². The summed E-state index contributed by atoms with van der Waals surface area (Å²) in [7, 11) is -5.39. The van der Waals surface area contributed by atoms with Crippen molar-refractivity contribution < 1.29 is 51.3 Å². The minimum atomic E-state index is -5.39. The van der Waals surface area contributed by atoms with Crippen LogP contribution in [-0.2, 0) is 31.1 Å². The van der Waals surface area contributed by atoms with Gasteiger partial charge in [0.1, 0.15) is 0 Å². The van der Waals surface area contributed by atoms with E-state index in [1.165, 1.54) is 0 Å². The summed E-state index contributed by atoms with van der Waals surface area (Å²) in [6.07, 6.45) is 0. The summed E-state index contributed by atoms with van der Waals surface area (Å²) in [5, 5.41) is 0. The molecule has 0 saturated heterocycles. The van der Waals surface area contributed by atoms with Crippen molar-refractivity contribution in [3.05, 3.63) is 0 Å². The maximum absolute atomic E-state index is 8.55. The first kappa shape index (κ1) is 23.3. The van der Waals surface area contributed by atoms with Crippen molar-refractivity contribution in [3.63, 3.8) is 0 Å². The molecule has 0 aromatic carbocycles. The molecule has 0 heterocycles. The molecule has 0 rings (SSSR count). The summed E-state index contributed by atoms with van der Waals surface area (Å²) < 4.78 is 8.55. The largest absolute Gasteiger partial charge is 2.00 e. The van der Waals surface area contributed by atoms with Crippen molar-refractivity contribution in [1.29, 1.82) is 0 Å². The Labute approximate surface area is 59.7 Å². The standard InChI is InChI=1S/H3O4P.H2O.O.W/c1-5(2,3)4;;;/h(H3,1,2,3,4);1H2;;/q;;-2;/p-4. The van der Waals surface area contributed by atoms with Gasteiger partial charge in [-0.3, -0.25) is 0 Å². The van der Waals surface area contributed by atoms with Crippen molar-refractivity contribution in [2.24, 2.45) is 0 Å². The normalized spacial score (nSPS) is 7.38. The Balaban J connectivity index is -0.0000000267. The van der Waals surface area contributed by atoms with Crippen molar-refractivity contribution in [1.82, 2.24) is 0 Å². The topological polar surface area (TPSA) is 145 Å². The number of hydrogen-bond donors (Lipinski definition) is 0. The molecule has 0 amide bonds. The molecular formula is HO6PW-6. The van der Waals surface area contributed by atoms with Crippen LogP contribution < -0.4 is 14.7 Å². The first-order valence-electron chi connectivity index (χ1n) is 0.730. The molecule has 0 fully saturated rings. The van der Waals surface area contributed by atoms with Crippen LogP contribution in [0.1, 0.15) is 0 Å². The predicted molar refractivity (Wildman–Crippen MR) is 10.2 cm³/mol. The zero-order valence-electron chi connectivity index (χ0n) is 3.34. The SMILES string of the molecule is O=P([O-])([O-])[O-].[O-2].[OH-].[W]. The van der Waals surface area contributed by atoms with Crippen LogP contribution in [0.25, 0.3) is 0 Å². The van der Waals surface area contributed by atoms with Gasteiger partial charge in [-0.1, -0.05) is 0 Å². The number of hydrogen-bond acceptors (Lipinski definition) is 5. The van der Waals surface area contributed by atoms with Gasteiger partial charge in [0, 0.05) is 21.1 Å². The molecule has 54 valence electrons. The second-order valence-electron chi connectivity index (χ2n) is 0.447. The van der Waals surface area contributed by atoms with E-state index in [2.05, 4.69) is 0 Å². The molecule has 8 heteroatoms. The van der Waals surface area contributed by atoms with E-state index in [1.54, 1.807) is 0 Å². The van der Waals surface area contributed by atoms with E-state index in [0.717, 1.165) is 0 Å². The van der Waals surface area contributed by atoms with Gasteiger partial charge in [0.25, 0.3) is 0 Å². The first-order chi connectivity index (χ1) is 2.00. The van der Waals surface area contributed by atoms with Crippen molar-refractivity contribution in [2.45, 2.75) is 0 Å². The van der Waals surface area contributed by atoms with Gasteiger partial charge in [-0.05, 0) is 0 Å². The average Bonchev–Trinajstić information content (AvgIpc) is 0.722. The molecule has 8 heavy (non-hydrogen) atoms. The van der Waals surface area contributed by atoms with Crippen LogP contribution >= 0.6 is 7.82 Å². The van der Waals surface area contributed by atoms with Crippen LogP contribution in [0.4, 0.5) is 0 Å². The maximum Gasteiger partial charge on any atom is 0 e. The van der Waals surface area contributed by atoms with Crippen LogP contribution in [0.3, 0.4) is 0 Å². The molecule has 0 bridgehead atoms. The van der Waals surface area contributed by atoms with E-state index in [-0.39, 0.29) is 32.0 Å². The van der Waals surface area contributed by atoms with Gasteiger partial charge in [0.15, 0.2) is 0 Å². The monoisotopic (exact) mass is 312 g/mol. The number of phosphoric acid groups is 1. The Bertz CT molecular complexity index is 54.7. The molecule has 6 nitrogen and oxygen atoms in total. The molecule has 0 aliphatic carbocycles. The second-order valence-corrected chi connectivity index (χ2v) is 1.34. The zero-order chi connectivity index (χ0) is 4.50. The van der Waals surface area contributed by atoms with Crippen LogP contribution in [-0.4, -0.2) is 5.48 Å². The number of rotatable bonds is 0. The van der Waals surface area contributed by atoms with Crippen molar-refractivity contribution in [3.8, 4) is 0 Å². The molecule has 0 aliphatic heterocycles. The Morgan fingerprint density at radius 2 is 1.12 bits per heavy atom. The van der Waals surface area contributed by atoms with Gasteiger partial charge in [-0.2, -0.15) is 7.82 Å². The predicted octanol–water partition coefficient (Wildman–Crippen LogP) is -3.12. The molecule has 0 saturated carbocycles. The quantitative estimate of drug-likeness (QED) is 0.434. The fourth-order valence-electron chi connectivity index (χ4n) is 0. The van der Waals surface area contributed by atoms with E-state index in [1.807, 2.05) is 0 Å². The summed E-state index contributed by atoms with van der Waals surface area (Å²) in [5.74, 6) is 0. The van der Waals surface area contributed by atoms with E-state index in [4.69, 9.17) is 19.2 Å². The van der Waals surface area contributed by atoms with Crippen LogP contribution in [0.15, 0.2) is 0 Å². The first-order valence-corrected chi connectivity index (χ1v) is 2.19. The summed E-state index contributed by atoms with van der Waals surface area (Å²) in [4.78, 5) is 25.6. The third-order valence-corrected chi connectivity index (χ3v) is 0. The third-order valence-electron chi connectivity index (χ3n) is 0. The van der Waals surface area contributed by atoms with Crippen LogP contribution in [0.2, 0.25) is 0 Å². The minimum Gasteiger partial charge on any atom is -2.00 e. The fourth-order valence-corrected chi connectivity index (χ4v) is 0. The zero-order valence-corrected chi connectivity index (χ0v) is 7.17. The van der Waals surface area contributed by atoms with Gasteiger partial charge in [-0.25, -0.2) is 0 Å². The Morgan fingerprint density at radius 3 is 1.12 bits per heavy atom. The van der Waals surface area contributed by atoms with Gasteiger partial charge in [-0.15, -0.1) is 0 Å². The molecule has 0 unspecified atom stereocenters. The molecule has 0 aromatic rings. The summed E-state index contributed by atoms with van der Waals surface area (Å²) in [5.41, 5.74) is 0.